The minimum absolute atomic E-state index is 0. The van der Waals surface area contributed by atoms with Crippen LogP contribution in [0.2, 0.25) is 0 Å². The zero-order valence-electron chi connectivity index (χ0n) is 21.0. The molecule has 206 valence electrons. The first-order valence-electron chi connectivity index (χ1n) is 12.6. The highest BCUT2D eigenvalue weighted by atomic mass is 35.5. The summed E-state index contributed by atoms with van der Waals surface area (Å²) < 4.78 is 23.9. The first-order valence-corrected chi connectivity index (χ1v) is 12.6. The molecule has 2 bridgehead atoms. The summed E-state index contributed by atoms with van der Waals surface area (Å²) in [5, 5.41) is 6.06. The Balaban J connectivity index is 0.00000168. The highest BCUT2D eigenvalue weighted by Gasteiger charge is 2.50. The second kappa shape index (κ2) is 11.4. The molecular formula is C26H32Cl2N4O6. The predicted molar refractivity (Wildman–Crippen MR) is 132 cm³/mol. The van der Waals surface area contributed by atoms with Crippen LogP contribution in [0, 0.1) is 0 Å². The zero-order chi connectivity index (χ0) is 24.6. The fourth-order valence-corrected chi connectivity index (χ4v) is 5.67. The Labute approximate surface area is 234 Å². The van der Waals surface area contributed by atoms with Gasteiger partial charge >= 0.3 is 0 Å². The Hall–Kier alpha value is -2.92. The minimum atomic E-state index is 0. The van der Waals surface area contributed by atoms with Crippen molar-refractivity contribution in [1.82, 2.24) is 0 Å². The molecule has 2 amide bonds. The lowest BCUT2D eigenvalue weighted by Gasteiger charge is -2.54. The number of hydrogen-bond acceptors (Lipinski definition) is 6. The van der Waals surface area contributed by atoms with E-state index in [1.54, 1.807) is 0 Å². The van der Waals surface area contributed by atoms with Gasteiger partial charge in [-0.3, -0.25) is 9.59 Å². The molecule has 7 rings (SSSR count). The van der Waals surface area contributed by atoms with E-state index < -0.39 is 0 Å². The van der Waals surface area contributed by atoms with Crippen LogP contribution >= 0.6 is 0 Å². The number of ether oxygens (including phenoxy) is 4. The maximum absolute atomic E-state index is 12.9. The highest BCUT2D eigenvalue weighted by molar-refractivity contribution is 5.92. The van der Waals surface area contributed by atoms with Crippen LogP contribution in [0.1, 0.15) is 0 Å². The van der Waals surface area contributed by atoms with E-state index in [0.29, 0.717) is 62.5 Å². The number of anilines is 2. The van der Waals surface area contributed by atoms with E-state index in [9.17, 15) is 9.59 Å². The lowest BCUT2D eigenvalue weighted by Crippen LogP contribution is -3.00. The van der Waals surface area contributed by atoms with Gasteiger partial charge in [-0.25, -0.2) is 0 Å². The molecule has 2 aromatic rings. The van der Waals surface area contributed by atoms with Crippen molar-refractivity contribution in [3.05, 3.63) is 36.4 Å². The van der Waals surface area contributed by atoms with Crippen LogP contribution in [0.15, 0.2) is 36.4 Å². The third-order valence-corrected chi connectivity index (χ3v) is 7.76. The number of nitrogens with one attached hydrogen (secondary N) is 2. The molecule has 3 fully saturated rings. The lowest BCUT2D eigenvalue weighted by atomic mass is 10.1. The third kappa shape index (κ3) is 5.88. The number of quaternary nitrogens is 2. The molecule has 0 saturated carbocycles. The van der Waals surface area contributed by atoms with E-state index in [0.717, 1.165) is 59.6 Å². The molecule has 2 N–H and O–H groups in total. The first kappa shape index (κ1) is 28.1. The normalized spacial score (nSPS) is 24.3. The van der Waals surface area contributed by atoms with Gasteiger partial charge in [0.2, 0.25) is 0 Å². The van der Waals surface area contributed by atoms with Crippen LogP contribution in [0.25, 0.3) is 0 Å². The van der Waals surface area contributed by atoms with Crippen molar-refractivity contribution in [2.75, 3.05) is 89.4 Å². The quantitative estimate of drug-likeness (QED) is 0.342. The number of rotatable bonds is 6. The summed E-state index contributed by atoms with van der Waals surface area (Å²) in [5.74, 6) is 2.76. The highest BCUT2D eigenvalue weighted by Crippen LogP contribution is 2.34. The molecule has 12 heteroatoms. The number of carbonyl (C=O) groups is 2. The molecule has 5 heterocycles. The molecule has 5 aliphatic heterocycles. The van der Waals surface area contributed by atoms with Crippen LogP contribution in [0.3, 0.4) is 0 Å². The summed E-state index contributed by atoms with van der Waals surface area (Å²) in [5.41, 5.74) is 1.44. The summed E-state index contributed by atoms with van der Waals surface area (Å²) in [6.45, 7) is 8.36. The molecule has 0 radical (unpaired) electrons. The van der Waals surface area contributed by atoms with Crippen LogP contribution in [0.5, 0.6) is 23.0 Å². The Bertz CT molecular complexity index is 1080. The van der Waals surface area contributed by atoms with Gasteiger partial charge in [0.1, 0.15) is 65.7 Å². The molecule has 5 aliphatic rings. The standard InChI is InChI=1S/C26H30N4O6.2ClH/c31-25(27-19-1-3-21-23(15-19)35-13-11-33-21)17-29-5-8-30(9-6-29,10-7-29)18-26(32)28-20-2-4-22-24(16-20)36-14-12-34-22;;/h1-4,15-16H,5-14,17-18H2;2*1H. The molecule has 2 aromatic carbocycles. The topological polar surface area (TPSA) is 95.1 Å². The Morgan fingerprint density at radius 1 is 0.579 bits per heavy atom. The Morgan fingerprint density at radius 2 is 0.921 bits per heavy atom. The Morgan fingerprint density at radius 3 is 1.29 bits per heavy atom. The van der Waals surface area contributed by atoms with Crippen LogP contribution in [-0.2, 0) is 9.59 Å². The SMILES string of the molecule is O=C(C[N+]12CC[N+](CC(=O)Nc3ccc4c(c3)OCCO4)(CC1)CC2)Nc1ccc2c(c1)OCCO2.[Cl-].[Cl-]. The number of benzene rings is 2. The fraction of sp³-hybridized carbons (Fsp3) is 0.462. The smallest absolute Gasteiger partial charge is 0.279 e. The maximum atomic E-state index is 12.9. The van der Waals surface area contributed by atoms with Crippen molar-refractivity contribution < 1.29 is 62.3 Å². The number of hydrogen-bond donors (Lipinski definition) is 2. The van der Waals surface area contributed by atoms with Gasteiger partial charge in [-0.15, -0.1) is 0 Å². The van der Waals surface area contributed by atoms with Crippen molar-refractivity contribution >= 4 is 23.2 Å². The number of halogens is 2. The third-order valence-electron chi connectivity index (χ3n) is 7.76. The zero-order valence-corrected chi connectivity index (χ0v) is 22.6. The first-order chi connectivity index (χ1) is 17.5. The van der Waals surface area contributed by atoms with Gasteiger partial charge in [0.25, 0.3) is 11.8 Å². The number of carbonyl (C=O) groups excluding carboxylic acids is 2. The summed E-state index contributed by atoms with van der Waals surface area (Å²) in [6.07, 6.45) is 0. The second-order valence-electron chi connectivity index (χ2n) is 10.2. The number of amides is 2. The number of nitrogens with zero attached hydrogens (tertiary/aromatic N) is 2. The van der Waals surface area contributed by atoms with Gasteiger partial charge in [0.05, 0.1) is 0 Å². The van der Waals surface area contributed by atoms with Gasteiger partial charge < -0.3 is 63.4 Å². The van der Waals surface area contributed by atoms with E-state index in [-0.39, 0.29) is 36.6 Å². The van der Waals surface area contributed by atoms with Gasteiger partial charge in [-0.05, 0) is 24.3 Å². The summed E-state index contributed by atoms with van der Waals surface area (Å²) in [7, 11) is 0. The molecule has 0 atom stereocenters. The molecule has 10 nitrogen and oxygen atoms in total. The fourth-order valence-electron chi connectivity index (χ4n) is 5.67. The van der Waals surface area contributed by atoms with Crippen molar-refractivity contribution in [2.24, 2.45) is 0 Å². The predicted octanol–water partition coefficient (Wildman–Crippen LogP) is -4.52. The molecule has 0 aromatic heterocycles. The van der Waals surface area contributed by atoms with Crippen LogP contribution in [-0.4, -0.2) is 99.6 Å². The van der Waals surface area contributed by atoms with E-state index in [1.165, 1.54) is 0 Å². The average Bonchev–Trinajstić information content (AvgIpc) is 2.89. The minimum Gasteiger partial charge on any atom is -1.00 e. The van der Waals surface area contributed by atoms with E-state index in [4.69, 9.17) is 18.9 Å². The monoisotopic (exact) mass is 566 g/mol. The molecule has 3 saturated heterocycles. The average molecular weight is 567 g/mol. The van der Waals surface area contributed by atoms with Crippen molar-refractivity contribution in [1.29, 1.82) is 0 Å². The molecular weight excluding hydrogens is 535 g/mol. The second-order valence-corrected chi connectivity index (χ2v) is 10.2. The summed E-state index contributed by atoms with van der Waals surface area (Å²) in [4.78, 5) is 25.8. The molecule has 0 aliphatic carbocycles. The summed E-state index contributed by atoms with van der Waals surface area (Å²) in [6, 6.07) is 11.0. The lowest BCUT2D eigenvalue weighted by molar-refractivity contribution is -1.07. The van der Waals surface area contributed by atoms with Crippen LogP contribution in [0.4, 0.5) is 11.4 Å². The number of fused-ring (bicyclic) bond motifs is 5. The van der Waals surface area contributed by atoms with Crippen molar-refractivity contribution in [3.63, 3.8) is 0 Å². The van der Waals surface area contributed by atoms with Crippen molar-refractivity contribution in [2.45, 2.75) is 0 Å². The Kier molecular flexibility index (Phi) is 8.46. The summed E-state index contributed by atoms with van der Waals surface area (Å²) >= 11 is 0. The van der Waals surface area contributed by atoms with Gasteiger partial charge in [-0.1, -0.05) is 0 Å². The maximum Gasteiger partial charge on any atom is 0.279 e. The van der Waals surface area contributed by atoms with Crippen LogP contribution < -0.4 is 54.4 Å². The van der Waals surface area contributed by atoms with Crippen molar-refractivity contribution in [3.8, 4) is 23.0 Å². The van der Waals surface area contributed by atoms with Gasteiger partial charge in [-0.2, -0.15) is 0 Å². The molecule has 0 unspecified atom stereocenters. The van der Waals surface area contributed by atoms with Gasteiger partial charge in [0.15, 0.2) is 36.1 Å². The number of piperazine rings is 3. The van der Waals surface area contributed by atoms with E-state index in [1.807, 2.05) is 36.4 Å². The van der Waals surface area contributed by atoms with Gasteiger partial charge in [0, 0.05) is 23.5 Å². The largest absolute Gasteiger partial charge is 1.00 e. The molecule has 0 spiro atoms. The molecule has 38 heavy (non-hydrogen) atoms. The van der Waals surface area contributed by atoms with E-state index >= 15 is 0 Å². The van der Waals surface area contributed by atoms with E-state index in [2.05, 4.69) is 10.6 Å².